The molecule has 0 bridgehead atoms. The van der Waals surface area contributed by atoms with Crippen molar-refractivity contribution in [2.24, 2.45) is 11.8 Å². The van der Waals surface area contributed by atoms with Gasteiger partial charge in [-0.15, -0.1) is 0 Å². The summed E-state index contributed by atoms with van der Waals surface area (Å²) in [5.41, 5.74) is 0.928. The summed E-state index contributed by atoms with van der Waals surface area (Å²) < 4.78 is 0. The molecular weight excluding hydrogens is 264 g/mol. The summed E-state index contributed by atoms with van der Waals surface area (Å²) in [6.45, 7) is 0.690. The lowest BCUT2D eigenvalue weighted by molar-refractivity contribution is -0.384. The summed E-state index contributed by atoms with van der Waals surface area (Å²) >= 11 is 5.81. The van der Waals surface area contributed by atoms with Gasteiger partial charge in [-0.2, -0.15) is 0 Å². The molecular formula is C14H17ClN2O2. The molecule has 4 nitrogen and oxygen atoms in total. The minimum absolute atomic E-state index is 0.00430. The molecule has 0 aliphatic heterocycles. The van der Waals surface area contributed by atoms with Gasteiger partial charge in [-0.1, -0.05) is 17.7 Å². The van der Waals surface area contributed by atoms with Crippen molar-refractivity contribution in [3.8, 4) is 0 Å². The van der Waals surface area contributed by atoms with Crippen LogP contribution >= 0.6 is 11.6 Å². The molecule has 0 spiro atoms. The fourth-order valence-corrected chi connectivity index (χ4v) is 2.86. The van der Waals surface area contributed by atoms with Crippen LogP contribution in [0.4, 0.5) is 5.69 Å². The van der Waals surface area contributed by atoms with Crippen LogP contribution in [0.3, 0.4) is 0 Å². The number of nitro benzene ring substituents is 1. The summed E-state index contributed by atoms with van der Waals surface area (Å²) in [5.74, 6) is 1.66. The maximum Gasteiger partial charge on any atom is 0.288 e. The van der Waals surface area contributed by atoms with E-state index < -0.39 is 4.92 Å². The number of hydrogen-bond donors (Lipinski definition) is 1. The van der Waals surface area contributed by atoms with Gasteiger partial charge in [-0.05, 0) is 49.1 Å². The molecule has 2 saturated carbocycles. The zero-order valence-electron chi connectivity index (χ0n) is 10.6. The number of nitro groups is 1. The number of benzene rings is 1. The first kappa shape index (κ1) is 12.9. The fourth-order valence-electron chi connectivity index (χ4n) is 2.67. The van der Waals surface area contributed by atoms with Crippen molar-refractivity contribution in [1.29, 1.82) is 0 Å². The van der Waals surface area contributed by atoms with Gasteiger partial charge in [0, 0.05) is 18.7 Å². The minimum atomic E-state index is -0.425. The molecule has 1 aromatic rings. The second kappa shape index (κ2) is 5.10. The summed E-state index contributed by atoms with van der Waals surface area (Å²) in [6, 6.07) is 5.65. The van der Waals surface area contributed by atoms with E-state index in [4.69, 9.17) is 11.6 Å². The van der Waals surface area contributed by atoms with Crippen LogP contribution in [-0.2, 0) is 6.54 Å². The highest BCUT2D eigenvalue weighted by Gasteiger charge is 2.40. The topological polar surface area (TPSA) is 55.2 Å². The summed E-state index contributed by atoms with van der Waals surface area (Å²) in [7, 11) is 0. The third-order valence-electron chi connectivity index (χ3n) is 4.01. The molecule has 102 valence electrons. The Hall–Kier alpha value is -1.13. The van der Waals surface area contributed by atoms with Crippen LogP contribution in [-0.4, -0.2) is 11.0 Å². The average Bonchev–Trinajstić information content (AvgIpc) is 3.25. The highest BCUT2D eigenvalue weighted by Crippen LogP contribution is 2.44. The van der Waals surface area contributed by atoms with Crippen molar-refractivity contribution < 1.29 is 4.92 Å². The van der Waals surface area contributed by atoms with E-state index >= 15 is 0 Å². The van der Waals surface area contributed by atoms with Crippen molar-refractivity contribution in [3.63, 3.8) is 0 Å². The van der Waals surface area contributed by atoms with Gasteiger partial charge in [0.2, 0.25) is 0 Å². The Balaban J connectivity index is 1.65. The van der Waals surface area contributed by atoms with Gasteiger partial charge < -0.3 is 5.32 Å². The highest BCUT2D eigenvalue weighted by molar-refractivity contribution is 6.32. The molecule has 2 aliphatic carbocycles. The number of nitrogens with zero attached hydrogens (tertiary/aromatic N) is 1. The Morgan fingerprint density at radius 3 is 2.47 bits per heavy atom. The van der Waals surface area contributed by atoms with Gasteiger partial charge in [-0.3, -0.25) is 10.1 Å². The molecule has 0 saturated heterocycles. The van der Waals surface area contributed by atoms with Crippen LogP contribution < -0.4 is 5.32 Å². The van der Waals surface area contributed by atoms with Crippen molar-refractivity contribution in [1.82, 2.24) is 5.32 Å². The number of nitrogens with one attached hydrogen (secondary N) is 1. The quantitative estimate of drug-likeness (QED) is 0.641. The molecule has 5 heteroatoms. The van der Waals surface area contributed by atoms with E-state index in [0.717, 1.165) is 17.4 Å². The van der Waals surface area contributed by atoms with Crippen LogP contribution in [0.15, 0.2) is 18.2 Å². The zero-order chi connectivity index (χ0) is 13.4. The van der Waals surface area contributed by atoms with Crippen LogP contribution in [0.1, 0.15) is 31.2 Å². The van der Waals surface area contributed by atoms with Gasteiger partial charge >= 0.3 is 0 Å². The maximum atomic E-state index is 10.8. The van der Waals surface area contributed by atoms with Crippen molar-refractivity contribution in [3.05, 3.63) is 38.9 Å². The van der Waals surface area contributed by atoms with Gasteiger partial charge in [0.25, 0.3) is 5.69 Å². The van der Waals surface area contributed by atoms with Gasteiger partial charge in [0.1, 0.15) is 5.02 Å². The predicted molar refractivity (Wildman–Crippen MR) is 74.2 cm³/mol. The summed E-state index contributed by atoms with van der Waals surface area (Å²) in [5, 5.41) is 14.6. The minimum Gasteiger partial charge on any atom is -0.309 e. The van der Waals surface area contributed by atoms with Gasteiger partial charge in [0.15, 0.2) is 0 Å². The lowest BCUT2D eigenvalue weighted by Crippen LogP contribution is -2.32. The summed E-state index contributed by atoms with van der Waals surface area (Å²) in [6.07, 6.45) is 5.31. The Labute approximate surface area is 117 Å². The van der Waals surface area contributed by atoms with Gasteiger partial charge in [-0.25, -0.2) is 0 Å². The van der Waals surface area contributed by atoms with E-state index in [9.17, 15) is 10.1 Å². The molecule has 3 rings (SSSR count). The highest BCUT2D eigenvalue weighted by atomic mass is 35.5. The van der Waals surface area contributed by atoms with E-state index in [1.165, 1.54) is 25.7 Å². The molecule has 0 amide bonds. The zero-order valence-corrected chi connectivity index (χ0v) is 11.4. The first-order chi connectivity index (χ1) is 9.15. The maximum absolute atomic E-state index is 10.8. The van der Waals surface area contributed by atoms with E-state index in [1.807, 2.05) is 6.07 Å². The molecule has 0 radical (unpaired) electrons. The molecule has 0 aromatic heterocycles. The predicted octanol–water partition coefficient (Wildman–Crippen LogP) is 3.53. The SMILES string of the molecule is O=[N+]([O-])c1cc(CNC(C2CC2)C2CC2)ccc1Cl. The number of halogens is 1. The third-order valence-corrected chi connectivity index (χ3v) is 4.33. The molecule has 0 atom stereocenters. The van der Waals surface area contributed by atoms with Crippen LogP contribution in [0.5, 0.6) is 0 Å². The van der Waals surface area contributed by atoms with E-state index in [0.29, 0.717) is 12.6 Å². The number of hydrogen-bond acceptors (Lipinski definition) is 3. The molecule has 19 heavy (non-hydrogen) atoms. The van der Waals surface area contributed by atoms with Crippen molar-refractivity contribution in [2.75, 3.05) is 0 Å². The molecule has 2 aliphatic rings. The molecule has 0 unspecified atom stereocenters. The van der Waals surface area contributed by atoms with E-state index in [-0.39, 0.29) is 10.7 Å². The lowest BCUT2D eigenvalue weighted by atomic mass is 10.1. The smallest absolute Gasteiger partial charge is 0.288 e. The Morgan fingerprint density at radius 2 is 1.95 bits per heavy atom. The van der Waals surface area contributed by atoms with E-state index in [1.54, 1.807) is 12.1 Å². The fraction of sp³-hybridized carbons (Fsp3) is 0.571. The van der Waals surface area contributed by atoms with Crippen molar-refractivity contribution in [2.45, 2.75) is 38.3 Å². The second-order valence-electron chi connectivity index (χ2n) is 5.62. The Bertz CT molecular complexity index is 486. The van der Waals surface area contributed by atoms with Crippen LogP contribution in [0, 0.1) is 22.0 Å². The lowest BCUT2D eigenvalue weighted by Gasteiger charge is -2.17. The summed E-state index contributed by atoms with van der Waals surface area (Å²) in [4.78, 5) is 10.4. The molecule has 0 heterocycles. The van der Waals surface area contributed by atoms with E-state index in [2.05, 4.69) is 5.32 Å². The normalized spacial score (nSPS) is 18.8. The largest absolute Gasteiger partial charge is 0.309 e. The molecule has 1 aromatic carbocycles. The van der Waals surface area contributed by atoms with Crippen molar-refractivity contribution >= 4 is 17.3 Å². The average molecular weight is 281 g/mol. The standard InChI is InChI=1S/C14H17ClN2O2/c15-12-6-1-9(7-13(12)17(18)19)8-16-14(10-2-3-10)11-4-5-11/h1,6-7,10-11,14,16H,2-5,8H2. The van der Waals surface area contributed by atoms with Gasteiger partial charge in [0.05, 0.1) is 4.92 Å². The number of rotatable bonds is 6. The first-order valence-electron chi connectivity index (χ1n) is 6.81. The molecule has 2 fully saturated rings. The Morgan fingerprint density at radius 1 is 1.32 bits per heavy atom. The molecule has 1 N–H and O–H groups in total. The van der Waals surface area contributed by atoms with Crippen LogP contribution in [0.2, 0.25) is 5.02 Å². The van der Waals surface area contributed by atoms with Crippen LogP contribution in [0.25, 0.3) is 0 Å². The Kier molecular flexibility index (Phi) is 3.46. The first-order valence-corrected chi connectivity index (χ1v) is 7.19. The third kappa shape index (κ3) is 3.07. The second-order valence-corrected chi connectivity index (χ2v) is 6.03. The monoisotopic (exact) mass is 280 g/mol.